The lowest BCUT2D eigenvalue weighted by Crippen LogP contribution is -2.22. The molecule has 0 unspecified atom stereocenters. The molecule has 0 atom stereocenters. The van der Waals surface area contributed by atoms with E-state index in [0.29, 0.717) is 19.2 Å². The Balaban J connectivity index is 2.29. The van der Waals surface area contributed by atoms with Crippen LogP contribution in [0.1, 0.15) is 5.82 Å². The van der Waals surface area contributed by atoms with Crippen LogP contribution >= 0.6 is 0 Å². The van der Waals surface area contributed by atoms with Crippen molar-refractivity contribution in [2.24, 2.45) is 0 Å². The molecule has 1 rings (SSSR count). The predicted octanol–water partition coefficient (Wildman–Crippen LogP) is 1.13. The molecule has 0 radical (unpaired) electrons. The van der Waals surface area contributed by atoms with Crippen molar-refractivity contribution >= 4 is 8.07 Å². The number of ether oxygens (including phenoxy) is 2. The third-order valence-corrected chi connectivity index (χ3v) is 3.79. The molecule has 0 aliphatic carbocycles. The quantitative estimate of drug-likeness (QED) is 0.531. The SMILES string of the molecule is COCc1nnnn1COCC[Si](C)(C)C. The van der Waals surface area contributed by atoms with Gasteiger partial charge in [-0.15, -0.1) is 5.10 Å². The number of nitrogens with zero attached hydrogens (tertiary/aromatic N) is 4. The van der Waals surface area contributed by atoms with Gasteiger partial charge in [-0.05, 0) is 16.5 Å². The predicted molar refractivity (Wildman–Crippen MR) is 62.6 cm³/mol. The highest BCUT2D eigenvalue weighted by molar-refractivity contribution is 6.76. The van der Waals surface area contributed by atoms with Crippen LogP contribution in [0, 0.1) is 0 Å². The number of hydrogen-bond donors (Lipinski definition) is 0. The van der Waals surface area contributed by atoms with Crippen LogP contribution in [0.5, 0.6) is 0 Å². The highest BCUT2D eigenvalue weighted by Gasteiger charge is 2.12. The first-order valence-corrected chi connectivity index (χ1v) is 9.05. The maximum absolute atomic E-state index is 5.54. The minimum absolute atomic E-state index is 0.399. The molecule has 0 aromatic carbocycles. The van der Waals surface area contributed by atoms with Gasteiger partial charge in [-0.25, -0.2) is 4.68 Å². The van der Waals surface area contributed by atoms with Crippen molar-refractivity contribution in [3.63, 3.8) is 0 Å². The Hall–Kier alpha value is -0.793. The number of rotatable bonds is 7. The monoisotopic (exact) mass is 244 g/mol. The van der Waals surface area contributed by atoms with Crippen LogP contribution in [0.25, 0.3) is 0 Å². The summed E-state index contributed by atoms with van der Waals surface area (Å²) in [7, 11) is 0.597. The maximum Gasteiger partial charge on any atom is 0.179 e. The summed E-state index contributed by atoms with van der Waals surface area (Å²) in [6, 6.07) is 1.15. The third-order valence-electron chi connectivity index (χ3n) is 2.09. The second-order valence-corrected chi connectivity index (χ2v) is 10.5. The summed E-state index contributed by atoms with van der Waals surface area (Å²) >= 11 is 0. The fraction of sp³-hybridized carbons (Fsp3) is 0.889. The van der Waals surface area contributed by atoms with Crippen LogP contribution in [0.4, 0.5) is 0 Å². The van der Waals surface area contributed by atoms with Crippen LogP contribution in [0.3, 0.4) is 0 Å². The fourth-order valence-electron chi connectivity index (χ4n) is 1.09. The van der Waals surface area contributed by atoms with Crippen LogP contribution in [-0.4, -0.2) is 42.0 Å². The molecular weight excluding hydrogens is 224 g/mol. The van der Waals surface area contributed by atoms with Gasteiger partial charge in [0.05, 0.1) is 0 Å². The van der Waals surface area contributed by atoms with Gasteiger partial charge in [0.1, 0.15) is 13.3 Å². The third kappa shape index (κ3) is 4.82. The van der Waals surface area contributed by atoms with Gasteiger partial charge in [0.15, 0.2) is 5.82 Å². The molecule has 0 fully saturated rings. The van der Waals surface area contributed by atoms with Gasteiger partial charge in [-0.1, -0.05) is 19.6 Å². The average molecular weight is 244 g/mol. The zero-order valence-corrected chi connectivity index (χ0v) is 11.4. The molecule has 0 saturated heterocycles. The molecule has 1 aromatic rings. The maximum atomic E-state index is 5.54. The van der Waals surface area contributed by atoms with Crippen molar-refractivity contribution in [1.29, 1.82) is 0 Å². The van der Waals surface area contributed by atoms with E-state index in [4.69, 9.17) is 9.47 Å². The Labute approximate surface area is 96.9 Å². The van der Waals surface area contributed by atoms with E-state index in [-0.39, 0.29) is 0 Å². The van der Waals surface area contributed by atoms with Crippen LogP contribution < -0.4 is 0 Å². The molecule has 6 nitrogen and oxygen atoms in total. The topological polar surface area (TPSA) is 62.1 Å². The van der Waals surface area contributed by atoms with Crippen molar-refractivity contribution in [3.8, 4) is 0 Å². The molecule has 7 heteroatoms. The lowest BCUT2D eigenvalue weighted by atomic mass is 10.6. The summed E-state index contributed by atoms with van der Waals surface area (Å²) < 4.78 is 12.1. The Morgan fingerprint density at radius 3 is 2.69 bits per heavy atom. The molecule has 0 spiro atoms. The van der Waals surface area contributed by atoms with Crippen molar-refractivity contribution in [2.45, 2.75) is 39.0 Å². The van der Waals surface area contributed by atoms with E-state index in [0.717, 1.165) is 12.7 Å². The molecule has 1 aromatic heterocycles. The van der Waals surface area contributed by atoms with E-state index in [1.54, 1.807) is 11.8 Å². The molecule has 0 amide bonds. The minimum atomic E-state index is -1.02. The van der Waals surface area contributed by atoms with Gasteiger partial charge in [0, 0.05) is 21.8 Å². The number of hydrogen-bond acceptors (Lipinski definition) is 5. The molecule has 0 aliphatic rings. The molecule has 0 saturated carbocycles. The van der Waals surface area contributed by atoms with Gasteiger partial charge >= 0.3 is 0 Å². The second-order valence-electron chi connectivity index (χ2n) is 4.88. The summed E-state index contributed by atoms with van der Waals surface area (Å²) in [5, 5.41) is 11.2. The van der Waals surface area contributed by atoms with Gasteiger partial charge in [0.2, 0.25) is 0 Å². The summed E-state index contributed by atoms with van der Waals surface area (Å²) in [6.07, 6.45) is 0. The Morgan fingerprint density at radius 2 is 2.06 bits per heavy atom. The Kier molecular flexibility index (Phi) is 5.03. The largest absolute Gasteiger partial charge is 0.377 e. The normalized spacial score (nSPS) is 12.0. The van der Waals surface area contributed by atoms with E-state index in [1.807, 2.05) is 0 Å². The van der Waals surface area contributed by atoms with Crippen molar-refractivity contribution < 1.29 is 9.47 Å². The smallest absolute Gasteiger partial charge is 0.179 e. The first kappa shape index (κ1) is 13.3. The Morgan fingerprint density at radius 1 is 1.31 bits per heavy atom. The number of methoxy groups -OCH3 is 1. The highest BCUT2D eigenvalue weighted by Crippen LogP contribution is 2.07. The number of aromatic nitrogens is 4. The van der Waals surface area contributed by atoms with E-state index >= 15 is 0 Å². The average Bonchev–Trinajstić information content (AvgIpc) is 2.60. The first-order chi connectivity index (χ1) is 7.53. The van der Waals surface area contributed by atoms with Crippen molar-refractivity contribution in [1.82, 2.24) is 20.2 Å². The molecular formula is C9H20N4O2Si. The van der Waals surface area contributed by atoms with Gasteiger partial charge < -0.3 is 9.47 Å². The standard InChI is InChI=1S/C9H20N4O2Si/c1-14-7-9-10-11-12-13(9)8-15-5-6-16(2,3)4/h5-8H2,1-4H3. The fourth-order valence-corrected chi connectivity index (χ4v) is 1.84. The second kappa shape index (κ2) is 6.07. The molecule has 0 bridgehead atoms. The van der Waals surface area contributed by atoms with E-state index in [9.17, 15) is 0 Å². The molecule has 92 valence electrons. The highest BCUT2D eigenvalue weighted by atomic mass is 28.3. The van der Waals surface area contributed by atoms with E-state index in [2.05, 4.69) is 35.2 Å². The molecule has 0 N–H and O–H groups in total. The van der Waals surface area contributed by atoms with E-state index in [1.165, 1.54) is 0 Å². The summed E-state index contributed by atoms with van der Waals surface area (Å²) in [5.41, 5.74) is 0. The molecule has 1 heterocycles. The number of tetrazole rings is 1. The minimum Gasteiger partial charge on any atom is -0.377 e. The summed E-state index contributed by atoms with van der Waals surface area (Å²) in [6.45, 7) is 8.54. The molecule has 16 heavy (non-hydrogen) atoms. The summed E-state index contributed by atoms with van der Waals surface area (Å²) in [5.74, 6) is 0.690. The van der Waals surface area contributed by atoms with Crippen LogP contribution in [0.2, 0.25) is 25.7 Å². The zero-order chi connectivity index (χ0) is 12.0. The zero-order valence-electron chi connectivity index (χ0n) is 10.4. The first-order valence-electron chi connectivity index (χ1n) is 5.34. The van der Waals surface area contributed by atoms with Crippen LogP contribution in [0.15, 0.2) is 0 Å². The summed E-state index contributed by atoms with van der Waals surface area (Å²) in [4.78, 5) is 0. The van der Waals surface area contributed by atoms with Gasteiger partial charge in [0.25, 0.3) is 0 Å². The Bertz CT molecular complexity index is 311. The van der Waals surface area contributed by atoms with E-state index < -0.39 is 8.07 Å². The van der Waals surface area contributed by atoms with Crippen molar-refractivity contribution in [2.75, 3.05) is 13.7 Å². The van der Waals surface area contributed by atoms with Crippen LogP contribution in [-0.2, 0) is 22.8 Å². The van der Waals surface area contributed by atoms with Crippen molar-refractivity contribution in [3.05, 3.63) is 5.82 Å². The lowest BCUT2D eigenvalue weighted by molar-refractivity contribution is 0.0688. The lowest BCUT2D eigenvalue weighted by Gasteiger charge is -2.15. The molecule has 0 aliphatic heterocycles. The van der Waals surface area contributed by atoms with Gasteiger partial charge in [-0.3, -0.25) is 0 Å². The van der Waals surface area contributed by atoms with Gasteiger partial charge in [-0.2, -0.15) is 0 Å².